The van der Waals surface area contributed by atoms with Crippen LogP contribution >= 0.6 is 0 Å². The van der Waals surface area contributed by atoms with E-state index in [-0.39, 0.29) is 0 Å². The second kappa shape index (κ2) is 12.4. The molecule has 176 valence electrons. The van der Waals surface area contributed by atoms with E-state index in [0.717, 1.165) is 16.7 Å². The number of nitrogens with zero attached hydrogens (tertiary/aromatic N) is 1. The third-order valence-corrected chi connectivity index (χ3v) is 5.71. The Hall–Kier alpha value is -3.05. The van der Waals surface area contributed by atoms with Gasteiger partial charge in [0.05, 0.1) is 25.9 Å². The molecule has 3 aromatic carbocycles. The van der Waals surface area contributed by atoms with Crippen molar-refractivity contribution in [1.29, 1.82) is 5.26 Å². The fraction of sp³-hybridized carbons (Fsp3) is 0.321. The summed E-state index contributed by atoms with van der Waals surface area (Å²) in [5.41, 5.74) is 3.03. The minimum Gasteiger partial charge on any atom is -0.368 e. The lowest BCUT2D eigenvalue weighted by atomic mass is 9.98. The highest BCUT2D eigenvalue weighted by molar-refractivity contribution is 5.16. The van der Waals surface area contributed by atoms with E-state index >= 15 is 0 Å². The van der Waals surface area contributed by atoms with E-state index in [2.05, 4.69) is 6.07 Å². The van der Waals surface area contributed by atoms with Crippen LogP contribution in [0.2, 0.25) is 0 Å². The van der Waals surface area contributed by atoms with E-state index < -0.39 is 30.7 Å². The van der Waals surface area contributed by atoms with Gasteiger partial charge < -0.3 is 23.7 Å². The molecule has 3 aromatic rings. The molecule has 1 fully saturated rings. The van der Waals surface area contributed by atoms with Gasteiger partial charge in [0.1, 0.15) is 18.3 Å². The fourth-order valence-electron chi connectivity index (χ4n) is 3.95. The van der Waals surface area contributed by atoms with Crippen LogP contribution in [0.4, 0.5) is 0 Å². The summed E-state index contributed by atoms with van der Waals surface area (Å²) < 4.78 is 30.4. The van der Waals surface area contributed by atoms with Crippen molar-refractivity contribution in [2.24, 2.45) is 0 Å². The minimum absolute atomic E-state index is 0.321. The molecular formula is C28H29NO5. The Bertz CT molecular complexity index is 1020. The van der Waals surface area contributed by atoms with Crippen molar-refractivity contribution in [1.82, 2.24) is 0 Å². The number of ether oxygens (including phenoxy) is 5. The van der Waals surface area contributed by atoms with E-state index in [1.54, 1.807) is 0 Å². The van der Waals surface area contributed by atoms with Gasteiger partial charge in [-0.05, 0) is 16.7 Å². The van der Waals surface area contributed by atoms with Crippen LogP contribution in [0.15, 0.2) is 91.0 Å². The fourth-order valence-corrected chi connectivity index (χ4v) is 3.95. The van der Waals surface area contributed by atoms with Crippen molar-refractivity contribution >= 4 is 0 Å². The molecule has 0 aromatic heterocycles. The van der Waals surface area contributed by atoms with Gasteiger partial charge in [-0.1, -0.05) is 91.0 Å². The second-order valence-electron chi connectivity index (χ2n) is 8.07. The van der Waals surface area contributed by atoms with Crippen molar-refractivity contribution in [3.63, 3.8) is 0 Å². The quantitative estimate of drug-likeness (QED) is 0.440. The molecular weight excluding hydrogens is 430 g/mol. The Morgan fingerprint density at radius 1 is 0.647 bits per heavy atom. The van der Waals surface area contributed by atoms with E-state index in [0.29, 0.717) is 19.8 Å². The number of hydrogen-bond acceptors (Lipinski definition) is 6. The number of hydrogen-bond donors (Lipinski definition) is 0. The summed E-state index contributed by atoms with van der Waals surface area (Å²) in [6, 6.07) is 31.8. The SMILES string of the molecule is CO[C@H]1O[C@H](C#N)[C@@H](OCc2ccccc2)[C@H](OCc2ccccc2)[C@H]1OCc1ccccc1. The number of rotatable bonds is 10. The van der Waals surface area contributed by atoms with E-state index in [1.807, 2.05) is 91.0 Å². The Morgan fingerprint density at radius 3 is 1.47 bits per heavy atom. The molecule has 0 bridgehead atoms. The van der Waals surface area contributed by atoms with Gasteiger partial charge in [-0.3, -0.25) is 0 Å². The maximum absolute atomic E-state index is 9.86. The molecule has 6 heteroatoms. The first-order valence-electron chi connectivity index (χ1n) is 11.3. The zero-order valence-electron chi connectivity index (χ0n) is 19.2. The third kappa shape index (κ3) is 6.29. The highest BCUT2D eigenvalue weighted by Gasteiger charge is 2.49. The summed E-state index contributed by atoms with van der Waals surface area (Å²) in [7, 11) is 1.54. The smallest absolute Gasteiger partial charge is 0.187 e. The zero-order valence-corrected chi connectivity index (χ0v) is 19.2. The summed E-state index contributed by atoms with van der Waals surface area (Å²) in [4.78, 5) is 0. The van der Waals surface area contributed by atoms with Crippen LogP contribution in [0.5, 0.6) is 0 Å². The molecule has 1 heterocycles. The van der Waals surface area contributed by atoms with Gasteiger partial charge in [-0.25, -0.2) is 0 Å². The van der Waals surface area contributed by atoms with Crippen LogP contribution in [0.3, 0.4) is 0 Å². The predicted octanol–water partition coefficient (Wildman–Crippen LogP) is 4.64. The van der Waals surface area contributed by atoms with Crippen LogP contribution < -0.4 is 0 Å². The molecule has 0 unspecified atom stereocenters. The zero-order chi connectivity index (χ0) is 23.6. The Balaban J connectivity index is 1.57. The lowest BCUT2D eigenvalue weighted by molar-refractivity contribution is -0.307. The Kier molecular flexibility index (Phi) is 8.80. The molecule has 4 rings (SSSR count). The van der Waals surface area contributed by atoms with Gasteiger partial charge in [0.25, 0.3) is 0 Å². The van der Waals surface area contributed by atoms with Crippen molar-refractivity contribution in [2.45, 2.75) is 50.5 Å². The first kappa shape index (κ1) is 24.1. The lowest BCUT2D eigenvalue weighted by Gasteiger charge is -2.43. The summed E-state index contributed by atoms with van der Waals surface area (Å²) >= 11 is 0. The maximum Gasteiger partial charge on any atom is 0.187 e. The topological polar surface area (TPSA) is 69.9 Å². The Morgan fingerprint density at radius 2 is 1.06 bits per heavy atom. The van der Waals surface area contributed by atoms with Gasteiger partial charge in [0.15, 0.2) is 12.4 Å². The van der Waals surface area contributed by atoms with Crippen LogP contribution in [-0.2, 0) is 43.5 Å². The van der Waals surface area contributed by atoms with Gasteiger partial charge in [-0.15, -0.1) is 0 Å². The molecule has 1 aliphatic heterocycles. The number of methoxy groups -OCH3 is 1. The van der Waals surface area contributed by atoms with Crippen LogP contribution in [0.1, 0.15) is 16.7 Å². The molecule has 0 amide bonds. The molecule has 0 radical (unpaired) electrons. The average molecular weight is 460 g/mol. The van der Waals surface area contributed by atoms with Crippen LogP contribution in [0, 0.1) is 11.3 Å². The molecule has 0 saturated carbocycles. The highest BCUT2D eigenvalue weighted by atomic mass is 16.7. The summed E-state index contributed by atoms with van der Waals surface area (Å²) in [5.74, 6) is 0. The van der Waals surface area contributed by atoms with Crippen molar-refractivity contribution < 1.29 is 23.7 Å². The first-order chi connectivity index (χ1) is 16.8. The normalized spacial score (nSPS) is 24.4. The molecule has 0 spiro atoms. The largest absolute Gasteiger partial charge is 0.368 e. The highest BCUT2D eigenvalue weighted by Crippen LogP contribution is 2.30. The molecule has 0 aliphatic carbocycles. The monoisotopic (exact) mass is 459 g/mol. The third-order valence-electron chi connectivity index (χ3n) is 5.71. The van der Waals surface area contributed by atoms with Gasteiger partial charge >= 0.3 is 0 Å². The van der Waals surface area contributed by atoms with Crippen molar-refractivity contribution in [2.75, 3.05) is 7.11 Å². The summed E-state index contributed by atoms with van der Waals surface area (Å²) in [6.45, 7) is 1.01. The predicted molar refractivity (Wildman–Crippen MR) is 126 cm³/mol. The summed E-state index contributed by atoms with van der Waals surface area (Å²) in [6.07, 6.45) is -3.49. The summed E-state index contributed by atoms with van der Waals surface area (Å²) in [5, 5.41) is 9.86. The lowest BCUT2D eigenvalue weighted by Crippen LogP contribution is -2.60. The van der Waals surface area contributed by atoms with Gasteiger partial charge in [0, 0.05) is 7.11 Å². The van der Waals surface area contributed by atoms with Crippen LogP contribution in [-0.4, -0.2) is 37.8 Å². The standard InChI is InChI=1S/C28H29NO5/c1-30-28-27(33-20-23-15-9-4-10-16-23)26(32-19-22-13-7-3-8-14-22)25(24(17-29)34-28)31-18-21-11-5-2-6-12-21/h2-16,24-28H,18-20H2,1H3/t24-,25-,26+,27-,28+/m1/s1. The molecule has 6 nitrogen and oxygen atoms in total. The van der Waals surface area contributed by atoms with E-state index in [9.17, 15) is 5.26 Å². The first-order valence-corrected chi connectivity index (χ1v) is 11.3. The van der Waals surface area contributed by atoms with Gasteiger partial charge in [0.2, 0.25) is 0 Å². The average Bonchev–Trinajstić information content (AvgIpc) is 2.91. The second-order valence-corrected chi connectivity index (χ2v) is 8.07. The maximum atomic E-state index is 9.86. The number of benzene rings is 3. The van der Waals surface area contributed by atoms with Gasteiger partial charge in [-0.2, -0.15) is 5.26 Å². The molecule has 5 atom stereocenters. The number of nitriles is 1. The molecule has 1 saturated heterocycles. The molecule has 0 N–H and O–H groups in total. The van der Waals surface area contributed by atoms with Crippen molar-refractivity contribution in [3.8, 4) is 6.07 Å². The van der Waals surface area contributed by atoms with E-state index in [1.165, 1.54) is 7.11 Å². The molecule has 1 aliphatic rings. The van der Waals surface area contributed by atoms with Crippen molar-refractivity contribution in [3.05, 3.63) is 108 Å². The van der Waals surface area contributed by atoms with Crippen LogP contribution in [0.25, 0.3) is 0 Å². The Labute approximate surface area is 200 Å². The molecule has 34 heavy (non-hydrogen) atoms. The minimum atomic E-state index is -0.869. The van der Waals surface area contributed by atoms with E-state index in [4.69, 9.17) is 23.7 Å².